The van der Waals surface area contributed by atoms with Gasteiger partial charge in [0.1, 0.15) is 0 Å². The molecule has 1 rings (SSSR count). The molecule has 0 aromatic rings. The van der Waals surface area contributed by atoms with Gasteiger partial charge in [0, 0.05) is 0 Å². The van der Waals surface area contributed by atoms with Gasteiger partial charge in [0.25, 0.3) is 0 Å². The first-order valence-electron chi connectivity index (χ1n) is 6.41. The summed E-state index contributed by atoms with van der Waals surface area (Å²) in [6.07, 6.45) is 8.56. The summed E-state index contributed by atoms with van der Waals surface area (Å²) in [5.74, 6) is 0.960. The second-order valence-corrected chi connectivity index (χ2v) is 11.2. The Morgan fingerprint density at radius 3 is 2.33 bits per heavy atom. The van der Waals surface area contributed by atoms with Crippen LogP contribution in [0.3, 0.4) is 0 Å². The highest BCUT2D eigenvalue weighted by molar-refractivity contribution is 6.80. The van der Waals surface area contributed by atoms with Crippen LogP contribution in [0.4, 0.5) is 0 Å². The summed E-state index contributed by atoms with van der Waals surface area (Å²) in [6.45, 7) is 9.36. The zero-order chi connectivity index (χ0) is 11.3. The van der Waals surface area contributed by atoms with Gasteiger partial charge in [0.2, 0.25) is 0 Å². The van der Waals surface area contributed by atoms with Crippen molar-refractivity contribution in [2.45, 2.75) is 65.1 Å². The number of hydrogen-bond donors (Lipinski definition) is 0. The highest BCUT2D eigenvalue weighted by Crippen LogP contribution is 2.28. The SMILES string of the molecule is CC(=C=C[Si](C)(C)C)CC1CCCCC1. The predicted molar refractivity (Wildman–Crippen MR) is 71.8 cm³/mol. The van der Waals surface area contributed by atoms with Crippen molar-refractivity contribution in [3.63, 3.8) is 0 Å². The summed E-state index contributed by atoms with van der Waals surface area (Å²) in [5.41, 5.74) is 7.35. The van der Waals surface area contributed by atoms with Gasteiger partial charge in [-0.15, -0.1) is 5.73 Å². The third-order valence-electron chi connectivity index (χ3n) is 3.07. The highest BCUT2D eigenvalue weighted by atomic mass is 28.3. The molecule has 0 N–H and O–H groups in total. The molecule has 86 valence electrons. The van der Waals surface area contributed by atoms with Crippen molar-refractivity contribution < 1.29 is 0 Å². The van der Waals surface area contributed by atoms with Crippen LogP contribution in [0, 0.1) is 5.92 Å². The lowest BCUT2D eigenvalue weighted by atomic mass is 9.85. The first-order chi connectivity index (χ1) is 6.97. The monoisotopic (exact) mass is 222 g/mol. The van der Waals surface area contributed by atoms with Crippen molar-refractivity contribution >= 4 is 8.07 Å². The van der Waals surface area contributed by atoms with Crippen LogP contribution in [0.2, 0.25) is 19.6 Å². The summed E-state index contributed by atoms with van der Waals surface area (Å²) >= 11 is 0. The minimum absolute atomic E-state index is 0.960. The van der Waals surface area contributed by atoms with Crippen LogP contribution in [-0.4, -0.2) is 8.07 Å². The average Bonchev–Trinajstić information content (AvgIpc) is 2.15. The van der Waals surface area contributed by atoms with E-state index in [9.17, 15) is 0 Å². The third-order valence-corrected chi connectivity index (χ3v) is 4.08. The average molecular weight is 222 g/mol. The Hall–Kier alpha value is -0.263. The molecular formula is C14H26Si. The maximum atomic E-state index is 3.52. The molecule has 0 aromatic heterocycles. The van der Waals surface area contributed by atoms with Crippen LogP contribution in [0.1, 0.15) is 45.4 Å². The molecule has 0 radical (unpaired) electrons. The van der Waals surface area contributed by atoms with Crippen molar-refractivity contribution in [3.05, 3.63) is 17.0 Å². The Kier molecular flexibility index (Phi) is 4.88. The standard InChI is InChI=1S/C14H26Si/c1-13(10-11-15(2,3)4)12-14-8-6-5-7-9-14/h11,14H,5-9,12H2,1-4H3. The second kappa shape index (κ2) is 5.72. The summed E-state index contributed by atoms with van der Waals surface area (Å²) in [7, 11) is -1.04. The van der Waals surface area contributed by atoms with Gasteiger partial charge < -0.3 is 0 Å². The summed E-state index contributed by atoms with van der Waals surface area (Å²) in [5, 5.41) is 0. The van der Waals surface area contributed by atoms with Crippen LogP contribution in [0.25, 0.3) is 0 Å². The minimum Gasteiger partial charge on any atom is -0.131 e. The molecule has 0 saturated heterocycles. The maximum Gasteiger partial charge on any atom is 0.0781 e. The van der Waals surface area contributed by atoms with Gasteiger partial charge in [-0.05, 0) is 24.8 Å². The molecule has 1 saturated carbocycles. The molecule has 0 aromatic carbocycles. The molecule has 0 aliphatic heterocycles. The summed E-state index contributed by atoms with van der Waals surface area (Å²) in [4.78, 5) is 0. The molecule has 0 spiro atoms. The zero-order valence-electron chi connectivity index (χ0n) is 10.9. The van der Waals surface area contributed by atoms with Crippen LogP contribution < -0.4 is 0 Å². The Bertz CT molecular complexity index is 245. The van der Waals surface area contributed by atoms with Crippen LogP contribution in [0.5, 0.6) is 0 Å². The molecule has 15 heavy (non-hydrogen) atoms. The molecular weight excluding hydrogens is 196 g/mol. The van der Waals surface area contributed by atoms with Gasteiger partial charge in [-0.3, -0.25) is 0 Å². The molecule has 1 aliphatic carbocycles. The van der Waals surface area contributed by atoms with E-state index in [2.05, 4.69) is 38.0 Å². The van der Waals surface area contributed by atoms with Gasteiger partial charge in [-0.25, -0.2) is 0 Å². The van der Waals surface area contributed by atoms with E-state index in [1.807, 2.05) is 0 Å². The van der Waals surface area contributed by atoms with E-state index in [0.29, 0.717) is 0 Å². The first-order valence-corrected chi connectivity index (χ1v) is 9.98. The fourth-order valence-electron chi connectivity index (χ4n) is 2.22. The van der Waals surface area contributed by atoms with E-state index in [0.717, 1.165) is 5.92 Å². The lowest BCUT2D eigenvalue weighted by Gasteiger charge is -2.21. The van der Waals surface area contributed by atoms with E-state index in [1.54, 1.807) is 0 Å². The quantitative estimate of drug-likeness (QED) is 0.469. The minimum atomic E-state index is -1.04. The van der Waals surface area contributed by atoms with Gasteiger partial charge >= 0.3 is 0 Å². The van der Waals surface area contributed by atoms with Crippen molar-refractivity contribution in [2.24, 2.45) is 5.92 Å². The normalized spacial score (nSPS) is 18.4. The van der Waals surface area contributed by atoms with Crippen LogP contribution in [-0.2, 0) is 0 Å². The van der Waals surface area contributed by atoms with E-state index in [4.69, 9.17) is 0 Å². The Labute approximate surface area is 96.5 Å². The molecule has 0 nitrogen and oxygen atoms in total. The van der Waals surface area contributed by atoms with Gasteiger partial charge in [0.05, 0.1) is 8.07 Å². The van der Waals surface area contributed by atoms with Crippen molar-refractivity contribution in [3.8, 4) is 0 Å². The Balaban J connectivity index is 2.46. The van der Waals surface area contributed by atoms with Gasteiger partial charge in [-0.2, -0.15) is 0 Å². The van der Waals surface area contributed by atoms with Crippen LogP contribution >= 0.6 is 0 Å². The van der Waals surface area contributed by atoms with Gasteiger partial charge in [-0.1, -0.05) is 57.4 Å². The summed E-state index contributed by atoms with van der Waals surface area (Å²) in [6, 6.07) is 0. The number of allylic oxidation sites excluding steroid dienone is 1. The maximum absolute atomic E-state index is 3.52. The smallest absolute Gasteiger partial charge is 0.0781 e. The van der Waals surface area contributed by atoms with Crippen molar-refractivity contribution in [1.29, 1.82) is 0 Å². The predicted octanol–water partition coefficient (Wildman–Crippen LogP) is 4.94. The molecule has 0 atom stereocenters. The zero-order valence-corrected chi connectivity index (χ0v) is 11.9. The fraction of sp³-hybridized carbons (Fsp3) is 0.786. The van der Waals surface area contributed by atoms with E-state index in [-0.39, 0.29) is 0 Å². The second-order valence-electron chi connectivity index (χ2n) is 6.14. The van der Waals surface area contributed by atoms with Crippen molar-refractivity contribution in [2.75, 3.05) is 0 Å². The number of hydrogen-bond acceptors (Lipinski definition) is 0. The molecule has 1 aliphatic rings. The molecule has 1 heteroatoms. The molecule has 0 bridgehead atoms. The lowest BCUT2D eigenvalue weighted by Crippen LogP contribution is -2.14. The summed E-state index contributed by atoms with van der Waals surface area (Å²) < 4.78 is 0. The molecule has 1 fully saturated rings. The lowest BCUT2D eigenvalue weighted by molar-refractivity contribution is 0.356. The van der Waals surface area contributed by atoms with E-state index < -0.39 is 8.07 Å². The first kappa shape index (κ1) is 12.8. The molecule has 0 amide bonds. The highest BCUT2D eigenvalue weighted by Gasteiger charge is 2.13. The van der Waals surface area contributed by atoms with Gasteiger partial charge in [0.15, 0.2) is 0 Å². The molecule has 0 unspecified atom stereocenters. The fourth-order valence-corrected chi connectivity index (χ4v) is 2.90. The Morgan fingerprint density at radius 2 is 1.80 bits per heavy atom. The molecule has 0 heterocycles. The van der Waals surface area contributed by atoms with E-state index >= 15 is 0 Å². The Morgan fingerprint density at radius 1 is 1.20 bits per heavy atom. The topological polar surface area (TPSA) is 0 Å². The largest absolute Gasteiger partial charge is 0.131 e. The number of rotatable bonds is 3. The third kappa shape index (κ3) is 6.02. The van der Waals surface area contributed by atoms with E-state index in [1.165, 1.54) is 44.1 Å². The van der Waals surface area contributed by atoms with Crippen molar-refractivity contribution in [1.82, 2.24) is 0 Å². The van der Waals surface area contributed by atoms with Crippen LogP contribution in [0.15, 0.2) is 17.0 Å².